The summed E-state index contributed by atoms with van der Waals surface area (Å²) in [4.78, 5) is 22.8. The van der Waals surface area contributed by atoms with Crippen molar-refractivity contribution in [1.82, 2.24) is 10.6 Å². The molecular weight excluding hydrogens is 276 g/mol. The molecule has 0 spiro atoms. The number of amides is 2. The minimum Gasteiger partial charge on any atom is -0.480 e. The van der Waals surface area contributed by atoms with Crippen molar-refractivity contribution in [3.05, 3.63) is 22.4 Å². The lowest BCUT2D eigenvalue weighted by Crippen LogP contribution is -2.48. The molecule has 0 aliphatic heterocycles. The number of carboxylic acid groups (broad SMARTS) is 1. The summed E-state index contributed by atoms with van der Waals surface area (Å²) in [5.74, 6) is -0.987. The zero-order valence-electron chi connectivity index (χ0n) is 11.9. The Morgan fingerprint density at radius 1 is 1.40 bits per heavy atom. The summed E-state index contributed by atoms with van der Waals surface area (Å²) in [6, 6.07) is 0.743. The van der Waals surface area contributed by atoms with Gasteiger partial charge in [-0.2, -0.15) is 11.3 Å². The van der Waals surface area contributed by atoms with E-state index in [2.05, 4.69) is 10.6 Å². The van der Waals surface area contributed by atoms with Crippen molar-refractivity contribution in [2.24, 2.45) is 0 Å². The van der Waals surface area contributed by atoms with Crippen molar-refractivity contribution < 1.29 is 14.7 Å². The fourth-order valence-electron chi connectivity index (χ4n) is 1.90. The molecule has 0 aromatic carbocycles. The Balaban J connectivity index is 2.38. The maximum Gasteiger partial charge on any atom is 0.326 e. The Hall–Kier alpha value is -1.56. The van der Waals surface area contributed by atoms with Gasteiger partial charge in [0.1, 0.15) is 6.04 Å². The second kappa shape index (κ2) is 8.58. The van der Waals surface area contributed by atoms with Gasteiger partial charge in [0, 0.05) is 6.04 Å². The van der Waals surface area contributed by atoms with Gasteiger partial charge < -0.3 is 15.7 Å². The second-order valence-electron chi connectivity index (χ2n) is 4.89. The van der Waals surface area contributed by atoms with Crippen LogP contribution in [0.3, 0.4) is 0 Å². The average molecular weight is 298 g/mol. The number of hydrogen-bond donors (Lipinski definition) is 3. The molecule has 0 aliphatic rings. The highest BCUT2D eigenvalue weighted by atomic mass is 32.1. The van der Waals surface area contributed by atoms with E-state index in [1.54, 1.807) is 11.3 Å². The van der Waals surface area contributed by atoms with Crippen LogP contribution in [-0.2, 0) is 11.2 Å². The van der Waals surface area contributed by atoms with Crippen LogP contribution in [0.1, 0.15) is 38.7 Å². The Morgan fingerprint density at radius 3 is 2.70 bits per heavy atom. The van der Waals surface area contributed by atoms with E-state index < -0.39 is 18.0 Å². The maximum absolute atomic E-state index is 11.8. The predicted octanol–water partition coefficient (Wildman–Crippen LogP) is 2.62. The highest BCUT2D eigenvalue weighted by Gasteiger charge is 2.19. The van der Waals surface area contributed by atoms with Gasteiger partial charge in [-0.05, 0) is 42.2 Å². The topological polar surface area (TPSA) is 78.4 Å². The molecule has 3 N–H and O–H groups in total. The first kappa shape index (κ1) is 16.5. The first-order valence-electron chi connectivity index (χ1n) is 6.83. The number of carbonyl (C=O) groups excluding carboxylic acids is 1. The summed E-state index contributed by atoms with van der Waals surface area (Å²) >= 11 is 1.62. The fourth-order valence-corrected chi connectivity index (χ4v) is 2.58. The van der Waals surface area contributed by atoms with Gasteiger partial charge in [-0.15, -0.1) is 0 Å². The summed E-state index contributed by atoms with van der Waals surface area (Å²) in [5, 5.41) is 18.4. The number of rotatable bonds is 8. The average Bonchev–Trinajstić information content (AvgIpc) is 2.86. The summed E-state index contributed by atoms with van der Waals surface area (Å²) in [5.41, 5.74) is 1.17. The van der Waals surface area contributed by atoms with Crippen molar-refractivity contribution in [1.29, 1.82) is 0 Å². The molecule has 5 nitrogen and oxygen atoms in total. The first-order chi connectivity index (χ1) is 9.52. The molecular formula is C14H22N2O3S. The Bertz CT molecular complexity index is 420. The molecule has 1 heterocycles. The predicted molar refractivity (Wildman–Crippen MR) is 80.1 cm³/mol. The smallest absolute Gasteiger partial charge is 0.326 e. The maximum atomic E-state index is 11.8. The number of aliphatic carboxylic acids is 1. The van der Waals surface area contributed by atoms with Crippen molar-refractivity contribution in [2.75, 3.05) is 0 Å². The van der Waals surface area contributed by atoms with Gasteiger partial charge in [0.15, 0.2) is 0 Å². The lowest BCUT2D eigenvalue weighted by Gasteiger charge is -2.18. The van der Waals surface area contributed by atoms with Crippen LogP contribution in [-0.4, -0.2) is 29.2 Å². The van der Waals surface area contributed by atoms with Gasteiger partial charge in [-0.25, -0.2) is 9.59 Å². The zero-order valence-corrected chi connectivity index (χ0v) is 12.7. The SMILES string of the molecule is CCCC[C@H](NC(=O)NC(C)Cc1ccsc1)C(=O)O. The van der Waals surface area contributed by atoms with Crippen molar-refractivity contribution >= 4 is 23.3 Å². The van der Waals surface area contributed by atoms with E-state index in [1.165, 1.54) is 5.56 Å². The molecule has 0 saturated heterocycles. The number of thiophene rings is 1. The van der Waals surface area contributed by atoms with Crippen LogP contribution in [0.2, 0.25) is 0 Å². The summed E-state index contributed by atoms with van der Waals surface area (Å²) in [6.45, 7) is 3.89. The van der Waals surface area contributed by atoms with E-state index in [4.69, 9.17) is 5.11 Å². The second-order valence-corrected chi connectivity index (χ2v) is 5.67. The lowest BCUT2D eigenvalue weighted by molar-refractivity contribution is -0.139. The molecule has 2 atom stereocenters. The molecule has 1 aromatic heterocycles. The van der Waals surface area contributed by atoms with Gasteiger partial charge >= 0.3 is 12.0 Å². The lowest BCUT2D eigenvalue weighted by atomic mass is 10.1. The molecule has 0 aliphatic carbocycles. The van der Waals surface area contributed by atoms with Gasteiger partial charge in [0.05, 0.1) is 0 Å². The van der Waals surface area contributed by atoms with E-state index in [1.807, 2.05) is 30.7 Å². The van der Waals surface area contributed by atoms with Crippen LogP contribution in [0.15, 0.2) is 16.8 Å². The zero-order chi connectivity index (χ0) is 15.0. The normalized spacial score (nSPS) is 13.5. The molecule has 0 saturated carbocycles. The molecule has 0 bridgehead atoms. The minimum absolute atomic E-state index is 0.0368. The van der Waals surface area contributed by atoms with E-state index in [0.717, 1.165) is 19.3 Å². The minimum atomic E-state index is -0.987. The summed E-state index contributed by atoms with van der Waals surface area (Å²) in [6.07, 6.45) is 2.88. The largest absolute Gasteiger partial charge is 0.480 e. The van der Waals surface area contributed by atoms with E-state index >= 15 is 0 Å². The number of unbranched alkanes of at least 4 members (excludes halogenated alkanes) is 1. The quantitative estimate of drug-likeness (QED) is 0.690. The van der Waals surface area contributed by atoms with Crippen LogP contribution in [0.4, 0.5) is 4.79 Å². The molecule has 112 valence electrons. The Labute approximate surface area is 123 Å². The number of carboxylic acids is 1. The van der Waals surface area contributed by atoms with Gasteiger partial charge in [0.25, 0.3) is 0 Å². The fraction of sp³-hybridized carbons (Fsp3) is 0.571. The van der Waals surface area contributed by atoms with Gasteiger partial charge in [0.2, 0.25) is 0 Å². The first-order valence-corrected chi connectivity index (χ1v) is 7.78. The molecule has 1 unspecified atom stereocenters. The number of nitrogens with one attached hydrogen (secondary N) is 2. The van der Waals surface area contributed by atoms with E-state index in [9.17, 15) is 9.59 Å². The monoisotopic (exact) mass is 298 g/mol. The molecule has 2 amide bonds. The van der Waals surface area contributed by atoms with Crippen LogP contribution >= 0.6 is 11.3 Å². The van der Waals surface area contributed by atoms with Crippen molar-refractivity contribution in [3.63, 3.8) is 0 Å². The summed E-state index contributed by atoms with van der Waals surface area (Å²) < 4.78 is 0. The third-order valence-corrected chi connectivity index (χ3v) is 3.68. The number of urea groups is 1. The molecule has 0 fully saturated rings. The molecule has 6 heteroatoms. The third kappa shape index (κ3) is 6.06. The highest BCUT2D eigenvalue weighted by Crippen LogP contribution is 2.08. The molecule has 0 radical (unpaired) electrons. The van der Waals surface area contributed by atoms with E-state index in [0.29, 0.717) is 6.42 Å². The van der Waals surface area contributed by atoms with Crippen LogP contribution < -0.4 is 10.6 Å². The Kier molecular flexibility index (Phi) is 7.08. The van der Waals surface area contributed by atoms with Crippen molar-refractivity contribution in [2.45, 2.75) is 51.6 Å². The standard InChI is InChI=1S/C14H22N2O3S/c1-3-4-5-12(13(17)18)16-14(19)15-10(2)8-11-6-7-20-9-11/h6-7,9-10,12H,3-5,8H2,1-2H3,(H,17,18)(H2,15,16,19)/t10?,12-/m0/s1. The Morgan fingerprint density at radius 2 is 2.15 bits per heavy atom. The van der Waals surface area contributed by atoms with Crippen molar-refractivity contribution in [3.8, 4) is 0 Å². The van der Waals surface area contributed by atoms with Gasteiger partial charge in [-0.3, -0.25) is 0 Å². The van der Waals surface area contributed by atoms with Crippen LogP contribution in [0.5, 0.6) is 0 Å². The number of carbonyl (C=O) groups is 2. The molecule has 1 aromatic rings. The van der Waals surface area contributed by atoms with Gasteiger partial charge in [-0.1, -0.05) is 19.8 Å². The van der Waals surface area contributed by atoms with Crippen LogP contribution in [0.25, 0.3) is 0 Å². The van der Waals surface area contributed by atoms with Crippen LogP contribution in [0, 0.1) is 0 Å². The summed E-state index contributed by atoms with van der Waals surface area (Å²) in [7, 11) is 0. The number of hydrogen-bond acceptors (Lipinski definition) is 3. The molecule has 20 heavy (non-hydrogen) atoms. The third-order valence-electron chi connectivity index (χ3n) is 2.95. The van der Waals surface area contributed by atoms with E-state index in [-0.39, 0.29) is 6.04 Å². The molecule has 1 rings (SSSR count). The highest BCUT2D eigenvalue weighted by molar-refractivity contribution is 7.07.